The number of hydrogen-bond acceptors (Lipinski definition) is 11. The number of nitriles is 2. The van der Waals surface area contributed by atoms with Gasteiger partial charge in [0.1, 0.15) is 35.1 Å². The molecule has 1 atom stereocenters. The van der Waals surface area contributed by atoms with Gasteiger partial charge in [0, 0.05) is 25.2 Å². The standard InChI is InChI=1S/C22H25N9O2/c23-12-16-18(25)17-19(28-22(27-13-24)30-21(17)29-20(16)26)14-2-4-15(5-3-14)33-9-1-6-31-7-10-32-11-8-31/h2-5,19H,1,6-11H2,(H6,25,26,27,28,29,30). The number of nitrogen functional groups attached to an aromatic ring is 2. The first-order valence-electron chi connectivity index (χ1n) is 10.6. The Hall–Kier alpha value is -4.06. The second-order valence-corrected chi connectivity index (χ2v) is 7.63. The molecule has 0 amide bonds. The Bertz CT molecular complexity index is 1110. The van der Waals surface area contributed by atoms with E-state index >= 15 is 0 Å². The van der Waals surface area contributed by atoms with Gasteiger partial charge in [0.2, 0.25) is 5.96 Å². The van der Waals surface area contributed by atoms with Gasteiger partial charge in [-0.2, -0.15) is 10.5 Å². The minimum Gasteiger partial charge on any atom is -0.494 e. The van der Waals surface area contributed by atoms with Crippen LogP contribution in [0.25, 0.3) is 0 Å². The van der Waals surface area contributed by atoms with Crippen LogP contribution >= 0.6 is 0 Å². The van der Waals surface area contributed by atoms with Crippen LogP contribution in [0.1, 0.15) is 29.2 Å². The number of fused-ring (bicyclic) bond motifs is 1. The van der Waals surface area contributed by atoms with Gasteiger partial charge in [-0.05, 0) is 24.1 Å². The van der Waals surface area contributed by atoms with Crippen LogP contribution in [0, 0.1) is 22.8 Å². The van der Waals surface area contributed by atoms with Crippen LogP contribution in [0.4, 0.5) is 17.3 Å². The lowest BCUT2D eigenvalue weighted by Gasteiger charge is -2.26. The molecular formula is C22H25N9O2. The molecule has 170 valence electrons. The fraction of sp³-hybridized carbons (Fsp3) is 0.364. The summed E-state index contributed by atoms with van der Waals surface area (Å²) in [6.45, 7) is 5.10. The van der Waals surface area contributed by atoms with Crippen molar-refractivity contribution in [3.8, 4) is 18.0 Å². The number of nitrogens with one attached hydrogen (secondary N) is 2. The molecule has 0 radical (unpaired) electrons. The minimum atomic E-state index is -0.576. The largest absolute Gasteiger partial charge is 0.494 e. The lowest BCUT2D eigenvalue weighted by atomic mass is 9.95. The topological polar surface area (TPSA) is 171 Å². The number of aliphatic imine (C=N–C) groups is 1. The van der Waals surface area contributed by atoms with E-state index in [1.165, 1.54) is 0 Å². The van der Waals surface area contributed by atoms with Crippen LogP contribution < -0.4 is 26.8 Å². The molecule has 1 aromatic heterocycles. The number of morpholine rings is 1. The van der Waals surface area contributed by atoms with Crippen LogP contribution in [-0.2, 0) is 4.74 Å². The van der Waals surface area contributed by atoms with Gasteiger partial charge < -0.3 is 26.3 Å². The summed E-state index contributed by atoms with van der Waals surface area (Å²) in [7, 11) is 0. The predicted octanol–water partition coefficient (Wildman–Crippen LogP) is 1.16. The molecule has 33 heavy (non-hydrogen) atoms. The van der Waals surface area contributed by atoms with E-state index in [2.05, 4.69) is 25.5 Å². The Kier molecular flexibility index (Phi) is 6.74. The molecule has 2 aliphatic heterocycles. The van der Waals surface area contributed by atoms with E-state index in [-0.39, 0.29) is 23.0 Å². The Morgan fingerprint density at radius 1 is 1.21 bits per heavy atom. The van der Waals surface area contributed by atoms with Crippen molar-refractivity contribution in [1.82, 2.24) is 15.2 Å². The zero-order valence-corrected chi connectivity index (χ0v) is 18.0. The Labute approximate surface area is 191 Å². The molecule has 1 unspecified atom stereocenters. The van der Waals surface area contributed by atoms with E-state index in [1.54, 1.807) is 0 Å². The maximum Gasteiger partial charge on any atom is 0.211 e. The molecular weight excluding hydrogens is 422 g/mol. The van der Waals surface area contributed by atoms with Crippen LogP contribution in [0.2, 0.25) is 0 Å². The Morgan fingerprint density at radius 2 is 1.97 bits per heavy atom. The molecule has 0 saturated carbocycles. The molecule has 0 spiro atoms. The molecule has 2 aromatic rings. The average molecular weight is 448 g/mol. The number of pyridine rings is 1. The number of anilines is 3. The first-order valence-corrected chi connectivity index (χ1v) is 10.6. The number of aromatic nitrogens is 1. The van der Waals surface area contributed by atoms with Gasteiger partial charge in [0.15, 0.2) is 6.19 Å². The van der Waals surface area contributed by atoms with Crippen molar-refractivity contribution in [1.29, 1.82) is 10.5 Å². The summed E-state index contributed by atoms with van der Waals surface area (Å²) in [6.07, 6.45) is 2.77. The molecule has 0 bridgehead atoms. The van der Waals surface area contributed by atoms with Gasteiger partial charge >= 0.3 is 0 Å². The number of ether oxygens (including phenoxy) is 2. The molecule has 1 saturated heterocycles. The van der Waals surface area contributed by atoms with Crippen molar-refractivity contribution in [2.75, 3.05) is 56.2 Å². The zero-order valence-electron chi connectivity index (χ0n) is 18.0. The smallest absolute Gasteiger partial charge is 0.211 e. The van der Waals surface area contributed by atoms with Gasteiger partial charge in [0.05, 0.1) is 25.5 Å². The Balaban J connectivity index is 1.49. The van der Waals surface area contributed by atoms with Crippen molar-refractivity contribution in [3.05, 3.63) is 41.0 Å². The van der Waals surface area contributed by atoms with E-state index < -0.39 is 6.04 Å². The fourth-order valence-corrected chi connectivity index (χ4v) is 3.87. The lowest BCUT2D eigenvalue weighted by molar-refractivity contribution is 0.0358. The quantitative estimate of drug-likeness (QED) is 0.286. The highest BCUT2D eigenvalue weighted by Gasteiger charge is 2.29. The summed E-state index contributed by atoms with van der Waals surface area (Å²) in [5, 5.41) is 23.8. The predicted molar refractivity (Wildman–Crippen MR) is 123 cm³/mol. The first kappa shape index (κ1) is 22.1. The highest BCUT2D eigenvalue weighted by molar-refractivity contribution is 5.98. The molecule has 11 heteroatoms. The third kappa shape index (κ3) is 4.90. The lowest BCUT2D eigenvalue weighted by Crippen LogP contribution is -2.37. The minimum absolute atomic E-state index is 0.0130. The third-order valence-electron chi connectivity index (χ3n) is 5.54. The second kappa shape index (κ2) is 10.0. The van der Waals surface area contributed by atoms with Crippen LogP contribution in [0.3, 0.4) is 0 Å². The van der Waals surface area contributed by atoms with Gasteiger partial charge in [-0.1, -0.05) is 12.1 Å². The molecule has 1 aromatic carbocycles. The first-order chi connectivity index (χ1) is 16.1. The molecule has 3 heterocycles. The molecule has 2 aliphatic rings. The molecule has 1 fully saturated rings. The van der Waals surface area contributed by atoms with E-state index in [9.17, 15) is 5.26 Å². The number of nitrogens with two attached hydrogens (primary N) is 2. The monoisotopic (exact) mass is 447 g/mol. The number of rotatable bonds is 6. The van der Waals surface area contributed by atoms with Gasteiger partial charge in [0.25, 0.3) is 0 Å². The summed E-state index contributed by atoms with van der Waals surface area (Å²) in [5.41, 5.74) is 13.8. The van der Waals surface area contributed by atoms with Crippen molar-refractivity contribution < 1.29 is 9.47 Å². The summed E-state index contributed by atoms with van der Waals surface area (Å²) in [4.78, 5) is 11.2. The second-order valence-electron chi connectivity index (χ2n) is 7.63. The van der Waals surface area contributed by atoms with E-state index in [4.69, 9.17) is 26.2 Å². The average Bonchev–Trinajstić information content (AvgIpc) is 2.83. The van der Waals surface area contributed by atoms with Crippen molar-refractivity contribution in [2.24, 2.45) is 4.99 Å². The van der Waals surface area contributed by atoms with Gasteiger partial charge in [-0.3, -0.25) is 10.2 Å². The maximum absolute atomic E-state index is 9.43. The SMILES string of the molecule is N#CNC1=NC(c2ccc(OCCCN3CCOCC3)cc2)c2c(nc(N)c(C#N)c2N)N1. The number of hydrogen-bond donors (Lipinski definition) is 4. The number of guanidine groups is 1. The van der Waals surface area contributed by atoms with Gasteiger partial charge in [-0.25, -0.2) is 9.98 Å². The molecule has 4 rings (SSSR count). The third-order valence-corrected chi connectivity index (χ3v) is 5.54. The molecule has 11 nitrogen and oxygen atoms in total. The summed E-state index contributed by atoms with van der Waals surface area (Å²) < 4.78 is 11.3. The summed E-state index contributed by atoms with van der Waals surface area (Å²) >= 11 is 0. The van der Waals surface area contributed by atoms with Crippen LogP contribution in [0.15, 0.2) is 29.3 Å². The van der Waals surface area contributed by atoms with Crippen LogP contribution in [0.5, 0.6) is 5.75 Å². The van der Waals surface area contributed by atoms with Crippen LogP contribution in [-0.4, -0.2) is 55.3 Å². The number of benzene rings is 1. The van der Waals surface area contributed by atoms with Crippen molar-refractivity contribution in [3.63, 3.8) is 0 Å². The summed E-state index contributed by atoms with van der Waals surface area (Å²) in [5.74, 6) is 1.33. The molecule has 0 aliphatic carbocycles. The highest BCUT2D eigenvalue weighted by atomic mass is 16.5. The summed E-state index contributed by atoms with van der Waals surface area (Å²) in [6, 6.07) is 8.91. The van der Waals surface area contributed by atoms with E-state index in [0.717, 1.165) is 50.6 Å². The fourth-order valence-electron chi connectivity index (χ4n) is 3.87. The Morgan fingerprint density at radius 3 is 2.67 bits per heavy atom. The highest BCUT2D eigenvalue weighted by Crippen LogP contribution is 2.40. The number of nitrogens with zero attached hydrogens (tertiary/aromatic N) is 5. The zero-order chi connectivity index (χ0) is 23.2. The van der Waals surface area contributed by atoms with Crippen molar-refractivity contribution in [2.45, 2.75) is 12.5 Å². The maximum atomic E-state index is 9.43. The molecule has 6 N–H and O–H groups in total. The van der Waals surface area contributed by atoms with Crippen molar-refractivity contribution >= 4 is 23.3 Å². The van der Waals surface area contributed by atoms with Gasteiger partial charge in [-0.15, -0.1) is 0 Å². The van der Waals surface area contributed by atoms with E-state index in [1.807, 2.05) is 36.5 Å². The van der Waals surface area contributed by atoms with E-state index in [0.29, 0.717) is 18.0 Å². The normalized spacial score (nSPS) is 17.6.